The first-order valence-electron chi connectivity index (χ1n) is 10.2. The zero-order valence-corrected chi connectivity index (χ0v) is 19.0. The van der Waals surface area contributed by atoms with E-state index in [-0.39, 0.29) is 11.3 Å². The Morgan fingerprint density at radius 1 is 0.818 bits per heavy atom. The standard InChI is InChI=1S/C26H26N2O5/c1-17-9-8-12-20(13-17)27-26(30)21(14-18-10-6-5-7-11-18)28-25(29)19-15-22(31-2)24(33-4)23(16-19)32-3/h5-16H,1-4H3,(H,27,30)(H,28,29). The van der Waals surface area contributed by atoms with Gasteiger partial charge in [-0.3, -0.25) is 9.59 Å². The highest BCUT2D eigenvalue weighted by molar-refractivity contribution is 6.10. The first-order valence-corrected chi connectivity index (χ1v) is 10.2. The SMILES string of the molecule is COc1cc(C(=O)NC(=Cc2ccccc2)C(=O)Nc2cccc(C)c2)cc(OC)c1OC. The minimum Gasteiger partial charge on any atom is -0.493 e. The largest absolute Gasteiger partial charge is 0.493 e. The van der Waals surface area contributed by atoms with E-state index in [1.54, 1.807) is 12.1 Å². The van der Waals surface area contributed by atoms with Crippen LogP contribution in [-0.2, 0) is 4.79 Å². The van der Waals surface area contributed by atoms with Gasteiger partial charge in [0.2, 0.25) is 5.75 Å². The molecule has 0 saturated carbocycles. The van der Waals surface area contributed by atoms with Crippen molar-refractivity contribution in [3.8, 4) is 17.2 Å². The molecule has 2 N–H and O–H groups in total. The van der Waals surface area contributed by atoms with Crippen LogP contribution in [0.2, 0.25) is 0 Å². The first kappa shape index (κ1) is 23.4. The fourth-order valence-electron chi connectivity index (χ4n) is 3.20. The van der Waals surface area contributed by atoms with Gasteiger partial charge in [-0.2, -0.15) is 0 Å². The smallest absolute Gasteiger partial charge is 0.272 e. The van der Waals surface area contributed by atoms with Gasteiger partial charge < -0.3 is 24.8 Å². The van der Waals surface area contributed by atoms with Crippen LogP contribution in [0, 0.1) is 6.92 Å². The number of rotatable bonds is 8. The molecule has 33 heavy (non-hydrogen) atoms. The Morgan fingerprint density at radius 3 is 2.06 bits per heavy atom. The predicted molar refractivity (Wildman–Crippen MR) is 128 cm³/mol. The number of hydrogen-bond donors (Lipinski definition) is 2. The van der Waals surface area contributed by atoms with Crippen molar-refractivity contribution < 1.29 is 23.8 Å². The quantitative estimate of drug-likeness (QED) is 0.500. The van der Waals surface area contributed by atoms with Gasteiger partial charge in [0.15, 0.2) is 11.5 Å². The molecule has 0 fully saturated rings. The molecule has 2 amide bonds. The van der Waals surface area contributed by atoms with Crippen molar-refractivity contribution >= 4 is 23.6 Å². The summed E-state index contributed by atoms with van der Waals surface area (Å²) in [6.45, 7) is 1.93. The number of aryl methyl sites for hydroxylation is 1. The summed E-state index contributed by atoms with van der Waals surface area (Å²) in [5.41, 5.74) is 2.72. The number of hydrogen-bond acceptors (Lipinski definition) is 5. The third kappa shape index (κ3) is 5.92. The average molecular weight is 447 g/mol. The van der Waals surface area contributed by atoms with Crippen molar-refractivity contribution in [3.05, 3.63) is 89.1 Å². The normalized spacial score (nSPS) is 10.8. The summed E-state index contributed by atoms with van der Waals surface area (Å²) >= 11 is 0. The second-order valence-electron chi connectivity index (χ2n) is 7.16. The summed E-state index contributed by atoms with van der Waals surface area (Å²) in [4.78, 5) is 26.2. The fourth-order valence-corrected chi connectivity index (χ4v) is 3.20. The highest BCUT2D eigenvalue weighted by Gasteiger charge is 2.20. The lowest BCUT2D eigenvalue weighted by atomic mass is 10.1. The third-order valence-electron chi connectivity index (χ3n) is 4.81. The lowest BCUT2D eigenvalue weighted by Crippen LogP contribution is -2.30. The van der Waals surface area contributed by atoms with Crippen molar-refractivity contribution in [2.24, 2.45) is 0 Å². The van der Waals surface area contributed by atoms with Gasteiger partial charge in [0.05, 0.1) is 21.3 Å². The molecule has 0 saturated heterocycles. The lowest BCUT2D eigenvalue weighted by molar-refractivity contribution is -0.113. The van der Waals surface area contributed by atoms with E-state index in [0.29, 0.717) is 22.9 Å². The minimum atomic E-state index is -0.504. The number of amides is 2. The van der Waals surface area contributed by atoms with Gasteiger partial charge in [0, 0.05) is 11.3 Å². The molecular formula is C26H26N2O5. The van der Waals surface area contributed by atoms with E-state index in [2.05, 4.69) is 10.6 Å². The molecule has 3 rings (SSSR count). The monoisotopic (exact) mass is 446 g/mol. The molecule has 0 aliphatic heterocycles. The number of nitrogens with one attached hydrogen (secondary N) is 2. The average Bonchev–Trinajstić information content (AvgIpc) is 2.83. The zero-order chi connectivity index (χ0) is 23.8. The van der Waals surface area contributed by atoms with Crippen LogP contribution in [0.15, 0.2) is 72.4 Å². The summed E-state index contributed by atoms with van der Waals surface area (Å²) in [5, 5.41) is 5.55. The van der Waals surface area contributed by atoms with Crippen molar-refractivity contribution in [2.45, 2.75) is 6.92 Å². The maximum atomic E-state index is 13.1. The van der Waals surface area contributed by atoms with E-state index in [0.717, 1.165) is 11.1 Å². The molecule has 7 nitrogen and oxygen atoms in total. The maximum absolute atomic E-state index is 13.1. The van der Waals surface area contributed by atoms with E-state index in [4.69, 9.17) is 14.2 Å². The number of anilines is 1. The van der Waals surface area contributed by atoms with Gasteiger partial charge >= 0.3 is 0 Å². The summed E-state index contributed by atoms with van der Waals surface area (Å²) in [7, 11) is 4.42. The van der Waals surface area contributed by atoms with Crippen molar-refractivity contribution in [3.63, 3.8) is 0 Å². The van der Waals surface area contributed by atoms with Crippen LogP contribution in [0.5, 0.6) is 17.2 Å². The van der Waals surface area contributed by atoms with Crippen molar-refractivity contribution in [1.29, 1.82) is 0 Å². The number of benzene rings is 3. The second kappa shape index (κ2) is 10.9. The molecule has 0 aromatic heterocycles. The highest BCUT2D eigenvalue weighted by atomic mass is 16.5. The number of carbonyl (C=O) groups is 2. The molecule has 0 atom stereocenters. The molecule has 0 spiro atoms. The van der Waals surface area contributed by atoms with Crippen LogP contribution in [0.3, 0.4) is 0 Å². The van der Waals surface area contributed by atoms with Crippen LogP contribution in [-0.4, -0.2) is 33.1 Å². The Kier molecular flexibility index (Phi) is 7.70. The minimum absolute atomic E-state index is 0.0847. The first-order chi connectivity index (χ1) is 15.9. The molecular weight excluding hydrogens is 420 g/mol. The second-order valence-corrected chi connectivity index (χ2v) is 7.16. The Balaban J connectivity index is 1.94. The molecule has 0 aliphatic rings. The third-order valence-corrected chi connectivity index (χ3v) is 4.81. The molecule has 7 heteroatoms. The highest BCUT2D eigenvalue weighted by Crippen LogP contribution is 2.38. The van der Waals surface area contributed by atoms with Gasteiger partial charge in [-0.25, -0.2) is 0 Å². The van der Waals surface area contributed by atoms with E-state index in [9.17, 15) is 9.59 Å². The molecule has 0 bridgehead atoms. The summed E-state index contributed by atoms with van der Waals surface area (Å²) in [6, 6.07) is 19.7. The Labute approximate surface area is 193 Å². The lowest BCUT2D eigenvalue weighted by Gasteiger charge is -2.15. The molecule has 3 aromatic carbocycles. The van der Waals surface area contributed by atoms with Gasteiger partial charge in [-0.15, -0.1) is 0 Å². The van der Waals surface area contributed by atoms with Crippen LogP contribution in [0.4, 0.5) is 5.69 Å². The molecule has 0 heterocycles. The van der Waals surface area contributed by atoms with Crippen LogP contribution in [0.25, 0.3) is 6.08 Å². The Morgan fingerprint density at radius 2 is 1.48 bits per heavy atom. The zero-order valence-electron chi connectivity index (χ0n) is 19.0. The number of carbonyl (C=O) groups excluding carboxylic acids is 2. The molecule has 170 valence electrons. The van der Waals surface area contributed by atoms with Crippen LogP contribution >= 0.6 is 0 Å². The van der Waals surface area contributed by atoms with Crippen molar-refractivity contribution in [2.75, 3.05) is 26.6 Å². The number of ether oxygens (including phenoxy) is 3. The van der Waals surface area contributed by atoms with Gasteiger partial charge in [0.25, 0.3) is 11.8 Å². The molecule has 3 aromatic rings. The van der Waals surface area contributed by atoms with E-state index in [1.807, 2.05) is 55.5 Å². The van der Waals surface area contributed by atoms with Gasteiger partial charge in [-0.05, 0) is 48.4 Å². The summed E-state index contributed by atoms with van der Waals surface area (Å²) in [5.74, 6) is 0.0782. The topological polar surface area (TPSA) is 85.9 Å². The van der Waals surface area contributed by atoms with Gasteiger partial charge in [-0.1, -0.05) is 42.5 Å². The van der Waals surface area contributed by atoms with Crippen LogP contribution < -0.4 is 24.8 Å². The Hall–Kier alpha value is -4.26. The molecule has 0 unspecified atom stereocenters. The van der Waals surface area contributed by atoms with Crippen molar-refractivity contribution in [1.82, 2.24) is 5.32 Å². The van der Waals surface area contributed by atoms with Crippen LogP contribution in [0.1, 0.15) is 21.5 Å². The predicted octanol–water partition coefficient (Wildman–Crippen LogP) is 4.43. The van der Waals surface area contributed by atoms with E-state index >= 15 is 0 Å². The fraction of sp³-hybridized carbons (Fsp3) is 0.154. The Bertz CT molecular complexity index is 1150. The van der Waals surface area contributed by atoms with Gasteiger partial charge in [0.1, 0.15) is 5.70 Å². The molecule has 0 radical (unpaired) electrons. The summed E-state index contributed by atoms with van der Waals surface area (Å²) in [6.07, 6.45) is 1.61. The maximum Gasteiger partial charge on any atom is 0.272 e. The molecule has 0 aliphatic carbocycles. The number of methoxy groups -OCH3 is 3. The summed E-state index contributed by atoms with van der Waals surface area (Å²) < 4.78 is 16.0. The van der Waals surface area contributed by atoms with E-state index in [1.165, 1.54) is 33.5 Å². The van der Waals surface area contributed by atoms with E-state index < -0.39 is 11.8 Å².